The minimum atomic E-state index is -0.375. The van der Waals surface area contributed by atoms with Gasteiger partial charge in [0.15, 0.2) is 0 Å². The zero-order valence-electron chi connectivity index (χ0n) is 19.4. The highest BCUT2D eigenvalue weighted by Gasteiger charge is 2.07. The molecule has 0 aliphatic rings. The average molecular weight is 439 g/mol. The molecule has 7 heteroatoms. The first-order valence-electron chi connectivity index (χ1n) is 10.2. The van der Waals surface area contributed by atoms with Gasteiger partial charge in [-0.2, -0.15) is 0 Å². The summed E-state index contributed by atoms with van der Waals surface area (Å²) in [7, 11) is 3.22. The maximum Gasteiger partial charge on any atom is 0.119 e. The van der Waals surface area contributed by atoms with Gasteiger partial charge >= 0.3 is 0 Å². The van der Waals surface area contributed by atoms with Crippen molar-refractivity contribution in [1.82, 2.24) is 0 Å². The van der Waals surface area contributed by atoms with Crippen molar-refractivity contribution in [2.45, 2.75) is 65.0 Å². The van der Waals surface area contributed by atoms with Gasteiger partial charge in [-0.3, -0.25) is 0 Å². The van der Waals surface area contributed by atoms with E-state index < -0.39 is 0 Å². The average Bonchev–Trinajstić information content (AvgIpc) is 2.68. The molecule has 0 aliphatic heterocycles. The Morgan fingerprint density at radius 3 is 1.29 bits per heavy atom. The van der Waals surface area contributed by atoms with Gasteiger partial charge in [0, 0.05) is 6.42 Å². The van der Waals surface area contributed by atoms with Gasteiger partial charge in [-0.15, -0.1) is 0 Å². The zero-order chi connectivity index (χ0) is 23.8. The molecule has 0 aromatic heterocycles. The second-order valence-electron chi connectivity index (χ2n) is 7.32. The number of phenolic OH excluding ortho intramolecular Hbond substituents is 1. The smallest absolute Gasteiger partial charge is 0.119 e. The van der Waals surface area contributed by atoms with Gasteiger partial charge in [0.2, 0.25) is 0 Å². The van der Waals surface area contributed by atoms with E-state index in [1.54, 1.807) is 59.3 Å². The van der Waals surface area contributed by atoms with Crippen LogP contribution in [0.1, 0.15) is 40.5 Å². The van der Waals surface area contributed by atoms with Crippen LogP contribution in [0.5, 0.6) is 23.0 Å². The molecule has 0 radical (unpaired) electrons. The molecule has 0 saturated carbocycles. The molecule has 0 fully saturated rings. The lowest BCUT2D eigenvalue weighted by Gasteiger charge is -2.16. The Labute approximate surface area is 185 Å². The fourth-order valence-electron chi connectivity index (χ4n) is 2.49. The van der Waals surface area contributed by atoms with Crippen molar-refractivity contribution in [2.75, 3.05) is 14.2 Å². The second-order valence-corrected chi connectivity index (χ2v) is 7.32. The SMILES string of the molecule is COc1ccc(O)cc1.COc1ccc(O[C@@H](C)C[C@@H](C)O)cc1.C[C@@H](O)C[C@@H](C)O. The van der Waals surface area contributed by atoms with Gasteiger partial charge < -0.3 is 34.6 Å². The Kier molecular flexibility index (Phi) is 14.9. The molecular formula is C24H38O7. The van der Waals surface area contributed by atoms with Crippen LogP contribution in [0.25, 0.3) is 0 Å². The fraction of sp³-hybridized carbons (Fsp3) is 0.500. The zero-order valence-corrected chi connectivity index (χ0v) is 19.4. The second kappa shape index (κ2) is 16.2. The van der Waals surface area contributed by atoms with Crippen LogP contribution in [-0.2, 0) is 0 Å². The molecule has 4 N–H and O–H groups in total. The summed E-state index contributed by atoms with van der Waals surface area (Å²) < 4.78 is 15.5. The summed E-state index contributed by atoms with van der Waals surface area (Å²) in [5.41, 5.74) is 0. The Bertz CT molecular complexity index is 661. The maximum atomic E-state index is 9.18. The van der Waals surface area contributed by atoms with Crippen LogP contribution >= 0.6 is 0 Å². The summed E-state index contributed by atoms with van der Waals surface area (Å²) >= 11 is 0. The predicted octanol–water partition coefficient (Wildman–Crippen LogP) is 3.77. The molecule has 0 spiro atoms. The summed E-state index contributed by atoms with van der Waals surface area (Å²) in [5.74, 6) is 2.62. The van der Waals surface area contributed by atoms with E-state index in [1.165, 1.54) is 0 Å². The number of hydrogen-bond donors (Lipinski definition) is 4. The van der Waals surface area contributed by atoms with Crippen molar-refractivity contribution in [3.05, 3.63) is 48.5 Å². The monoisotopic (exact) mass is 438 g/mol. The number of benzene rings is 2. The molecule has 2 aromatic rings. The third-order valence-corrected chi connectivity index (χ3v) is 3.82. The highest BCUT2D eigenvalue weighted by Crippen LogP contribution is 2.19. The van der Waals surface area contributed by atoms with E-state index in [0.717, 1.165) is 17.2 Å². The van der Waals surface area contributed by atoms with Crippen LogP contribution in [0.4, 0.5) is 0 Å². The van der Waals surface area contributed by atoms with Gasteiger partial charge in [0.05, 0.1) is 38.6 Å². The summed E-state index contributed by atoms with van der Waals surface area (Å²) in [5, 5.41) is 35.1. The van der Waals surface area contributed by atoms with E-state index >= 15 is 0 Å². The summed E-state index contributed by atoms with van der Waals surface area (Å²) in [6, 6.07) is 14.0. The van der Waals surface area contributed by atoms with E-state index in [4.69, 9.17) is 29.5 Å². The number of rotatable bonds is 8. The van der Waals surface area contributed by atoms with Gasteiger partial charge in [0.1, 0.15) is 23.0 Å². The van der Waals surface area contributed by atoms with Crippen molar-refractivity contribution < 1.29 is 34.6 Å². The van der Waals surface area contributed by atoms with Crippen molar-refractivity contribution in [1.29, 1.82) is 0 Å². The van der Waals surface area contributed by atoms with Crippen molar-refractivity contribution in [3.63, 3.8) is 0 Å². The Morgan fingerprint density at radius 2 is 0.968 bits per heavy atom. The molecule has 31 heavy (non-hydrogen) atoms. The lowest BCUT2D eigenvalue weighted by molar-refractivity contribution is 0.102. The Morgan fingerprint density at radius 1 is 0.613 bits per heavy atom. The lowest BCUT2D eigenvalue weighted by atomic mass is 10.2. The molecule has 176 valence electrons. The normalized spacial score (nSPS) is 13.8. The van der Waals surface area contributed by atoms with Crippen LogP contribution < -0.4 is 14.2 Å². The molecule has 2 aromatic carbocycles. The van der Waals surface area contributed by atoms with Gasteiger partial charge in [0.25, 0.3) is 0 Å². The number of methoxy groups -OCH3 is 2. The molecule has 0 heterocycles. The van der Waals surface area contributed by atoms with Crippen LogP contribution in [-0.4, -0.2) is 59.1 Å². The number of hydrogen-bond acceptors (Lipinski definition) is 7. The lowest BCUT2D eigenvalue weighted by Crippen LogP contribution is -2.18. The number of aromatic hydroxyl groups is 1. The number of phenols is 1. The van der Waals surface area contributed by atoms with Crippen LogP contribution in [0, 0.1) is 0 Å². The molecular weight excluding hydrogens is 400 g/mol. The molecule has 0 saturated heterocycles. The molecule has 7 nitrogen and oxygen atoms in total. The Hall–Kier alpha value is -2.48. The van der Waals surface area contributed by atoms with E-state index in [2.05, 4.69) is 0 Å². The maximum absolute atomic E-state index is 9.18. The van der Waals surface area contributed by atoms with E-state index in [9.17, 15) is 5.11 Å². The summed E-state index contributed by atoms with van der Waals surface area (Å²) in [4.78, 5) is 0. The molecule has 2 rings (SSSR count). The largest absolute Gasteiger partial charge is 0.508 e. The molecule has 0 aliphatic carbocycles. The number of aliphatic hydroxyl groups excluding tert-OH is 3. The first kappa shape index (κ1) is 28.5. The topological polar surface area (TPSA) is 109 Å². The fourth-order valence-corrected chi connectivity index (χ4v) is 2.49. The van der Waals surface area contributed by atoms with E-state index in [-0.39, 0.29) is 30.2 Å². The molecule has 0 bridgehead atoms. The number of ether oxygens (including phenoxy) is 3. The van der Waals surface area contributed by atoms with Crippen molar-refractivity contribution >= 4 is 0 Å². The third-order valence-electron chi connectivity index (χ3n) is 3.82. The van der Waals surface area contributed by atoms with Gasteiger partial charge in [-0.25, -0.2) is 0 Å². The van der Waals surface area contributed by atoms with E-state index in [1.807, 2.05) is 31.2 Å². The van der Waals surface area contributed by atoms with Crippen LogP contribution in [0.2, 0.25) is 0 Å². The first-order valence-corrected chi connectivity index (χ1v) is 10.2. The highest BCUT2D eigenvalue weighted by molar-refractivity contribution is 5.31. The van der Waals surface area contributed by atoms with Gasteiger partial charge in [-0.05, 0) is 82.6 Å². The predicted molar refractivity (Wildman–Crippen MR) is 122 cm³/mol. The molecule has 4 atom stereocenters. The quantitative estimate of drug-likeness (QED) is 0.497. The van der Waals surface area contributed by atoms with Crippen molar-refractivity contribution in [3.8, 4) is 23.0 Å². The van der Waals surface area contributed by atoms with E-state index in [0.29, 0.717) is 12.8 Å². The minimum Gasteiger partial charge on any atom is -0.508 e. The summed E-state index contributed by atoms with van der Waals surface area (Å²) in [6.45, 7) is 7.02. The highest BCUT2D eigenvalue weighted by atomic mass is 16.5. The Balaban J connectivity index is 0.000000479. The minimum absolute atomic E-state index is 0.0124. The molecule has 0 unspecified atom stereocenters. The number of aliphatic hydroxyl groups is 3. The van der Waals surface area contributed by atoms with Crippen molar-refractivity contribution in [2.24, 2.45) is 0 Å². The summed E-state index contributed by atoms with van der Waals surface area (Å²) in [6.07, 6.45) is 0.0307. The van der Waals surface area contributed by atoms with Crippen LogP contribution in [0.3, 0.4) is 0 Å². The van der Waals surface area contributed by atoms with Gasteiger partial charge in [-0.1, -0.05) is 0 Å². The third kappa shape index (κ3) is 16.0. The van der Waals surface area contributed by atoms with Crippen LogP contribution in [0.15, 0.2) is 48.5 Å². The molecule has 0 amide bonds. The first-order chi connectivity index (χ1) is 14.6. The standard InChI is InChI=1S/C12H18O3.C7H8O2.C5H12O2/c1-9(13)8-10(2)15-12-6-4-11(14-3)5-7-12;1-9-7-4-2-6(8)3-5-7;1-4(6)3-5(2)7/h4-7,9-10,13H,8H2,1-3H3;2-5,8H,1H3;4-7H,3H2,1-2H3/t9-,10+;;4-,5-/m1.1/s1.